The van der Waals surface area contributed by atoms with Gasteiger partial charge >= 0.3 is 0 Å². The molecule has 2 aromatic carbocycles. The molecule has 4 aromatic rings. The summed E-state index contributed by atoms with van der Waals surface area (Å²) in [5.74, 6) is -0.0635. The Morgan fingerprint density at radius 3 is 2.63 bits per heavy atom. The van der Waals surface area contributed by atoms with Crippen LogP contribution in [-0.4, -0.2) is 10.5 Å². The molecule has 5 heteroatoms. The summed E-state index contributed by atoms with van der Waals surface area (Å²) in [5.41, 5.74) is 4.07. The largest absolute Gasteiger partial charge is 0.347 e. The summed E-state index contributed by atoms with van der Waals surface area (Å²) < 4.78 is 3.25. The van der Waals surface area contributed by atoms with E-state index in [4.69, 9.17) is 11.6 Å². The van der Waals surface area contributed by atoms with Gasteiger partial charge in [-0.1, -0.05) is 54.1 Å². The SMILES string of the molecule is O=C(NCc1cccc(Cl)c1)c1cc2sccc2n1CCc1ccccc1. The highest BCUT2D eigenvalue weighted by atomic mass is 35.5. The molecule has 1 N–H and O–H groups in total. The van der Waals surface area contributed by atoms with Crippen molar-refractivity contribution in [3.05, 3.63) is 94.0 Å². The summed E-state index contributed by atoms with van der Waals surface area (Å²) in [4.78, 5) is 12.8. The van der Waals surface area contributed by atoms with E-state index < -0.39 is 0 Å². The molecule has 27 heavy (non-hydrogen) atoms. The van der Waals surface area contributed by atoms with Crippen LogP contribution in [0.1, 0.15) is 21.6 Å². The third-order valence-corrected chi connectivity index (χ3v) is 5.65. The van der Waals surface area contributed by atoms with Gasteiger partial charge in [0.1, 0.15) is 5.69 Å². The van der Waals surface area contributed by atoms with Crippen molar-refractivity contribution in [2.45, 2.75) is 19.5 Å². The first kappa shape index (κ1) is 17.8. The second-order valence-electron chi connectivity index (χ2n) is 6.40. The molecule has 2 heterocycles. The molecule has 0 fully saturated rings. The summed E-state index contributed by atoms with van der Waals surface area (Å²) in [6.07, 6.45) is 0.884. The lowest BCUT2D eigenvalue weighted by molar-refractivity contribution is 0.0942. The van der Waals surface area contributed by atoms with Gasteiger partial charge in [-0.05, 0) is 47.2 Å². The highest BCUT2D eigenvalue weighted by Crippen LogP contribution is 2.26. The molecule has 0 bridgehead atoms. The zero-order valence-electron chi connectivity index (χ0n) is 14.7. The van der Waals surface area contributed by atoms with Gasteiger partial charge in [0.05, 0.1) is 10.2 Å². The van der Waals surface area contributed by atoms with Crippen LogP contribution >= 0.6 is 22.9 Å². The van der Waals surface area contributed by atoms with Crippen molar-refractivity contribution in [2.75, 3.05) is 0 Å². The van der Waals surface area contributed by atoms with E-state index in [1.54, 1.807) is 11.3 Å². The minimum absolute atomic E-state index is 0.0635. The second kappa shape index (κ2) is 7.99. The van der Waals surface area contributed by atoms with Crippen LogP contribution in [0, 0.1) is 0 Å². The molecule has 1 amide bonds. The number of aryl methyl sites for hydroxylation is 2. The molecular weight excluding hydrogens is 376 g/mol. The maximum absolute atomic E-state index is 12.8. The van der Waals surface area contributed by atoms with Crippen molar-refractivity contribution >= 4 is 39.1 Å². The Bertz CT molecular complexity index is 1070. The number of nitrogens with one attached hydrogen (secondary N) is 1. The van der Waals surface area contributed by atoms with Crippen molar-refractivity contribution in [1.82, 2.24) is 9.88 Å². The normalized spacial score (nSPS) is 11.0. The minimum Gasteiger partial charge on any atom is -0.347 e. The van der Waals surface area contributed by atoms with E-state index in [1.165, 1.54) is 5.56 Å². The Kier molecular flexibility index (Phi) is 5.28. The van der Waals surface area contributed by atoms with E-state index in [1.807, 2.05) is 48.5 Å². The summed E-state index contributed by atoms with van der Waals surface area (Å²) in [5, 5.41) is 5.76. The number of carbonyl (C=O) groups excluding carboxylic acids is 1. The number of rotatable bonds is 6. The third kappa shape index (κ3) is 4.07. The Morgan fingerprint density at radius 2 is 1.81 bits per heavy atom. The molecule has 0 aliphatic heterocycles. The maximum atomic E-state index is 12.8. The summed E-state index contributed by atoms with van der Waals surface area (Å²) in [7, 11) is 0. The number of thiophene rings is 1. The van der Waals surface area contributed by atoms with Gasteiger partial charge in [-0.25, -0.2) is 0 Å². The fourth-order valence-electron chi connectivity index (χ4n) is 3.21. The molecule has 0 saturated heterocycles. The van der Waals surface area contributed by atoms with Gasteiger partial charge < -0.3 is 9.88 Å². The smallest absolute Gasteiger partial charge is 0.268 e. The number of halogens is 1. The molecule has 2 aromatic heterocycles. The number of carbonyl (C=O) groups is 1. The lowest BCUT2D eigenvalue weighted by atomic mass is 10.1. The van der Waals surface area contributed by atoms with E-state index in [2.05, 4.69) is 33.5 Å². The summed E-state index contributed by atoms with van der Waals surface area (Å²) in [6, 6.07) is 22.0. The minimum atomic E-state index is -0.0635. The van der Waals surface area contributed by atoms with Crippen LogP contribution in [0.4, 0.5) is 0 Å². The third-order valence-electron chi connectivity index (χ3n) is 4.56. The number of aromatic nitrogens is 1. The lowest BCUT2D eigenvalue weighted by Gasteiger charge is -2.11. The number of benzene rings is 2. The van der Waals surface area contributed by atoms with Gasteiger partial charge in [-0.3, -0.25) is 4.79 Å². The Morgan fingerprint density at radius 1 is 1.00 bits per heavy atom. The number of nitrogens with zero attached hydrogens (tertiary/aromatic N) is 1. The molecular formula is C22H19ClN2OS. The van der Waals surface area contributed by atoms with Gasteiger partial charge in [-0.2, -0.15) is 0 Å². The first-order valence-corrected chi connectivity index (χ1v) is 10.1. The van der Waals surface area contributed by atoms with Gasteiger partial charge in [0.15, 0.2) is 0 Å². The fourth-order valence-corrected chi connectivity index (χ4v) is 4.25. The van der Waals surface area contributed by atoms with E-state index in [-0.39, 0.29) is 5.91 Å². The molecule has 136 valence electrons. The molecule has 0 saturated carbocycles. The topological polar surface area (TPSA) is 34.0 Å². The molecule has 3 nitrogen and oxygen atoms in total. The number of hydrogen-bond acceptors (Lipinski definition) is 2. The Hall–Kier alpha value is -2.56. The lowest BCUT2D eigenvalue weighted by Crippen LogP contribution is -2.25. The van der Waals surface area contributed by atoms with Crippen LogP contribution in [0.5, 0.6) is 0 Å². The van der Waals surface area contributed by atoms with Crippen molar-refractivity contribution < 1.29 is 4.79 Å². The quantitative estimate of drug-likeness (QED) is 0.458. The van der Waals surface area contributed by atoms with E-state index in [0.29, 0.717) is 17.3 Å². The zero-order valence-corrected chi connectivity index (χ0v) is 16.3. The summed E-state index contributed by atoms with van der Waals surface area (Å²) >= 11 is 7.68. The predicted molar refractivity (Wildman–Crippen MR) is 113 cm³/mol. The molecule has 0 atom stereocenters. The van der Waals surface area contributed by atoms with Crippen LogP contribution in [-0.2, 0) is 19.5 Å². The van der Waals surface area contributed by atoms with Crippen LogP contribution in [0.15, 0.2) is 72.1 Å². The Labute approximate surface area is 167 Å². The van der Waals surface area contributed by atoms with Crippen molar-refractivity contribution in [1.29, 1.82) is 0 Å². The molecule has 0 spiro atoms. The van der Waals surface area contributed by atoms with Gasteiger partial charge in [0.25, 0.3) is 5.91 Å². The van der Waals surface area contributed by atoms with E-state index in [9.17, 15) is 4.79 Å². The van der Waals surface area contributed by atoms with Crippen molar-refractivity contribution in [3.63, 3.8) is 0 Å². The first-order valence-electron chi connectivity index (χ1n) is 8.84. The molecule has 0 unspecified atom stereocenters. The van der Waals surface area contributed by atoms with Crippen LogP contribution in [0.3, 0.4) is 0 Å². The van der Waals surface area contributed by atoms with E-state index in [0.717, 1.165) is 28.7 Å². The fraction of sp³-hybridized carbons (Fsp3) is 0.136. The monoisotopic (exact) mass is 394 g/mol. The molecule has 0 aliphatic carbocycles. The van der Waals surface area contributed by atoms with Crippen molar-refractivity contribution in [3.8, 4) is 0 Å². The summed E-state index contributed by atoms with van der Waals surface area (Å²) in [6.45, 7) is 1.22. The zero-order chi connectivity index (χ0) is 18.6. The first-order chi connectivity index (χ1) is 13.2. The predicted octanol–water partition coefficient (Wildman–Crippen LogP) is 5.53. The maximum Gasteiger partial charge on any atom is 0.268 e. The van der Waals surface area contributed by atoms with Crippen LogP contribution in [0.25, 0.3) is 10.2 Å². The number of amides is 1. The van der Waals surface area contributed by atoms with Crippen LogP contribution in [0.2, 0.25) is 5.02 Å². The molecule has 0 radical (unpaired) electrons. The Balaban J connectivity index is 1.53. The molecule has 4 rings (SSSR count). The number of hydrogen-bond donors (Lipinski definition) is 1. The van der Waals surface area contributed by atoms with Crippen molar-refractivity contribution in [2.24, 2.45) is 0 Å². The van der Waals surface area contributed by atoms with Gasteiger partial charge in [0.2, 0.25) is 0 Å². The van der Waals surface area contributed by atoms with Gasteiger partial charge in [-0.15, -0.1) is 11.3 Å². The molecule has 0 aliphatic rings. The van der Waals surface area contributed by atoms with Crippen LogP contribution < -0.4 is 5.32 Å². The highest BCUT2D eigenvalue weighted by molar-refractivity contribution is 7.17. The average molecular weight is 395 g/mol. The number of fused-ring (bicyclic) bond motifs is 1. The second-order valence-corrected chi connectivity index (χ2v) is 7.78. The highest BCUT2D eigenvalue weighted by Gasteiger charge is 2.16. The average Bonchev–Trinajstić information content (AvgIpc) is 3.27. The van der Waals surface area contributed by atoms with Gasteiger partial charge in [0, 0.05) is 18.1 Å². The standard InChI is InChI=1S/C22H19ClN2OS/c23-18-8-4-7-17(13-18)15-24-22(26)20-14-21-19(10-12-27-21)25(20)11-9-16-5-2-1-3-6-16/h1-8,10,12-14H,9,11,15H2,(H,24,26). The van der Waals surface area contributed by atoms with E-state index >= 15 is 0 Å².